The van der Waals surface area contributed by atoms with Gasteiger partial charge in [0.2, 0.25) is 5.82 Å². The van der Waals surface area contributed by atoms with Crippen molar-refractivity contribution in [2.24, 2.45) is 0 Å². The number of aromatic nitrogens is 4. The van der Waals surface area contributed by atoms with Crippen molar-refractivity contribution in [3.63, 3.8) is 0 Å². The predicted molar refractivity (Wildman–Crippen MR) is 128 cm³/mol. The fourth-order valence-electron chi connectivity index (χ4n) is 4.83. The Morgan fingerprint density at radius 3 is 2.86 bits per heavy atom. The number of hydrogen-bond donors (Lipinski definition) is 1. The standard InChI is InChI=1S/C25H28F2N6O4/c1-16-14-18(20(26)27)33-24(29-16)30-21(31-33)22(34)32-11-13-37-25(15-32)9-5-4-7-17-6-2-3-8-19(17)36-12-10-28-23(25)35/h2-3,6,8,14,20H,4-5,7,9-13,15H2,1H3,(H,28,35). The van der Waals surface area contributed by atoms with Crippen molar-refractivity contribution in [2.75, 3.05) is 32.8 Å². The Morgan fingerprint density at radius 2 is 2.03 bits per heavy atom. The molecule has 196 valence electrons. The van der Waals surface area contributed by atoms with Crippen LogP contribution in [0.3, 0.4) is 0 Å². The lowest BCUT2D eigenvalue weighted by molar-refractivity contribution is -0.159. The topological polar surface area (TPSA) is 111 Å². The number of benzene rings is 1. The van der Waals surface area contributed by atoms with Crippen LogP contribution in [-0.2, 0) is 16.0 Å². The van der Waals surface area contributed by atoms with E-state index in [0.29, 0.717) is 25.1 Å². The molecule has 4 heterocycles. The number of nitrogens with zero attached hydrogens (tertiary/aromatic N) is 5. The molecule has 1 spiro atoms. The summed E-state index contributed by atoms with van der Waals surface area (Å²) in [6.07, 6.45) is -0.100. The van der Waals surface area contributed by atoms with E-state index < -0.39 is 23.6 Å². The molecule has 1 saturated heterocycles. The molecule has 3 aromatic rings. The number of fused-ring (bicyclic) bond motifs is 2. The summed E-state index contributed by atoms with van der Waals surface area (Å²) in [7, 11) is 0. The molecule has 2 aliphatic rings. The minimum Gasteiger partial charge on any atom is -0.491 e. The summed E-state index contributed by atoms with van der Waals surface area (Å²) in [5, 5.41) is 6.90. The lowest BCUT2D eigenvalue weighted by Crippen LogP contribution is -2.61. The number of aryl methyl sites for hydroxylation is 2. The molecule has 2 aliphatic heterocycles. The summed E-state index contributed by atoms with van der Waals surface area (Å²) in [6, 6.07) is 9.06. The largest absolute Gasteiger partial charge is 0.491 e. The van der Waals surface area contributed by atoms with Gasteiger partial charge in [-0.1, -0.05) is 18.2 Å². The lowest BCUT2D eigenvalue weighted by Gasteiger charge is -2.41. The zero-order valence-electron chi connectivity index (χ0n) is 20.5. The molecule has 1 atom stereocenters. The average Bonchev–Trinajstić information content (AvgIpc) is 3.32. The van der Waals surface area contributed by atoms with Gasteiger partial charge in [0.25, 0.3) is 24.0 Å². The molecule has 10 nitrogen and oxygen atoms in total. The minimum absolute atomic E-state index is 0.00117. The van der Waals surface area contributed by atoms with Gasteiger partial charge in [0.15, 0.2) is 5.60 Å². The molecule has 5 rings (SSSR count). The van der Waals surface area contributed by atoms with Crippen LogP contribution in [0.15, 0.2) is 30.3 Å². The molecule has 0 saturated carbocycles. The highest BCUT2D eigenvalue weighted by atomic mass is 19.3. The zero-order valence-corrected chi connectivity index (χ0v) is 20.5. The van der Waals surface area contributed by atoms with Crippen LogP contribution in [0.25, 0.3) is 5.78 Å². The Balaban J connectivity index is 1.36. The number of hydrogen-bond acceptors (Lipinski definition) is 7. The first kappa shape index (κ1) is 25.0. The number of nitrogens with one attached hydrogen (secondary N) is 1. The number of amides is 2. The molecule has 0 bridgehead atoms. The first-order valence-electron chi connectivity index (χ1n) is 12.3. The molecule has 1 unspecified atom stereocenters. The summed E-state index contributed by atoms with van der Waals surface area (Å²) in [5.41, 5.74) is -0.185. The van der Waals surface area contributed by atoms with Crippen LogP contribution in [0, 0.1) is 6.92 Å². The van der Waals surface area contributed by atoms with Gasteiger partial charge in [-0.05, 0) is 50.3 Å². The quantitative estimate of drug-likeness (QED) is 0.560. The average molecular weight is 515 g/mol. The number of carbonyl (C=O) groups is 2. The zero-order chi connectivity index (χ0) is 26.0. The highest BCUT2D eigenvalue weighted by Gasteiger charge is 2.45. The Hall–Kier alpha value is -3.67. The van der Waals surface area contributed by atoms with E-state index in [9.17, 15) is 18.4 Å². The van der Waals surface area contributed by atoms with Crippen molar-refractivity contribution in [1.29, 1.82) is 0 Å². The van der Waals surface area contributed by atoms with Gasteiger partial charge in [-0.15, -0.1) is 5.10 Å². The second kappa shape index (κ2) is 10.4. The van der Waals surface area contributed by atoms with Gasteiger partial charge in [0, 0.05) is 12.2 Å². The van der Waals surface area contributed by atoms with E-state index in [4.69, 9.17) is 9.47 Å². The highest BCUT2D eigenvalue weighted by molar-refractivity contribution is 5.92. The van der Waals surface area contributed by atoms with Crippen molar-refractivity contribution in [3.8, 4) is 5.75 Å². The van der Waals surface area contributed by atoms with E-state index in [-0.39, 0.29) is 43.8 Å². The lowest BCUT2D eigenvalue weighted by atomic mass is 9.91. The van der Waals surface area contributed by atoms with Gasteiger partial charge in [0.05, 0.1) is 19.7 Å². The van der Waals surface area contributed by atoms with E-state index in [1.165, 1.54) is 11.0 Å². The smallest absolute Gasteiger partial charge is 0.293 e. The number of para-hydroxylation sites is 1. The van der Waals surface area contributed by atoms with Crippen LogP contribution in [0.5, 0.6) is 5.75 Å². The molecule has 12 heteroatoms. The van der Waals surface area contributed by atoms with E-state index in [1.54, 1.807) is 6.92 Å². The first-order chi connectivity index (χ1) is 17.9. The monoisotopic (exact) mass is 514 g/mol. The number of alkyl halides is 2. The van der Waals surface area contributed by atoms with Crippen molar-refractivity contribution in [2.45, 2.75) is 44.6 Å². The Labute approximate surface area is 212 Å². The third-order valence-electron chi connectivity index (χ3n) is 6.66. The van der Waals surface area contributed by atoms with Crippen molar-refractivity contribution in [3.05, 3.63) is 53.1 Å². The molecule has 0 radical (unpaired) electrons. The third kappa shape index (κ3) is 5.10. The van der Waals surface area contributed by atoms with Crippen molar-refractivity contribution in [1.82, 2.24) is 29.8 Å². The van der Waals surface area contributed by atoms with E-state index in [2.05, 4.69) is 20.4 Å². The Morgan fingerprint density at radius 1 is 1.19 bits per heavy atom. The maximum Gasteiger partial charge on any atom is 0.293 e. The molecule has 1 fully saturated rings. The van der Waals surface area contributed by atoms with Crippen LogP contribution >= 0.6 is 0 Å². The summed E-state index contributed by atoms with van der Waals surface area (Å²) < 4.78 is 39.8. The van der Waals surface area contributed by atoms with Gasteiger partial charge in [-0.25, -0.2) is 13.8 Å². The molecular formula is C25H28F2N6O4. The van der Waals surface area contributed by atoms with E-state index >= 15 is 0 Å². The SMILES string of the molecule is Cc1cc(C(F)F)n2nc(C(=O)N3CCOC4(CCCCc5ccccc5OCCNC4=O)C3)nc2n1. The Bertz CT molecular complexity index is 1320. The van der Waals surface area contributed by atoms with Crippen LogP contribution in [0.2, 0.25) is 0 Å². The molecule has 2 amide bonds. The molecular weight excluding hydrogens is 486 g/mol. The maximum absolute atomic E-state index is 13.5. The normalized spacial score (nSPS) is 21.2. The van der Waals surface area contributed by atoms with Crippen LogP contribution in [0.4, 0.5) is 8.78 Å². The van der Waals surface area contributed by atoms with Crippen LogP contribution in [-0.4, -0.2) is 74.7 Å². The maximum atomic E-state index is 13.5. The number of rotatable bonds is 2. The fraction of sp³-hybridized carbons (Fsp3) is 0.480. The van der Waals surface area contributed by atoms with Crippen molar-refractivity contribution >= 4 is 17.6 Å². The second-order valence-electron chi connectivity index (χ2n) is 9.26. The minimum atomic E-state index is -2.81. The summed E-state index contributed by atoms with van der Waals surface area (Å²) in [4.78, 5) is 36.3. The number of ether oxygens (including phenoxy) is 2. The summed E-state index contributed by atoms with van der Waals surface area (Å²) in [6.45, 7) is 2.51. The highest BCUT2D eigenvalue weighted by Crippen LogP contribution is 2.28. The molecule has 1 aromatic carbocycles. The van der Waals surface area contributed by atoms with Gasteiger partial charge >= 0.3 is 0 Å². The van der Waals surface area contributed by atoms with Crippen molar-refractivity contribution < 1.29 is 27.8 Å². The number of halogens is 2. The van der Waals surface area contributed by atoms with E-state index in [0.717, 1.165) is 28.7 Å². The molecule has 2 aromatic heterocycles. The first-order valence-corrected chi connectivity index (χ1v) is 12.3. The Kier molecular flexibility index (Phi) is 7.00. The fourth-order valence-corrected chi connectivity index (χ4v) is 4.83. The summed E-state index contributed by atoms with van der Waals surface area (Å²) in [5.74, 6) is -0.399. The third-order valence-corrected chi connectivity index (χ3v) is 6.66. The van der Waals surface area contributed by atoms with Crippen LogP contribution in [0.1, 0.15) is 53.3 Å². The van der Waals surface area contributed by atoms with Gasteiger partial charge in [-0.2, -0.15) is 9.50 Å². The molecule has 0 aliphatic carbocycles. The molecule has 37 heavy (non-hydrogen) atoms. The summed E-state index contributed by atoms with van der Waals surface area (Å²) >= 11 is 0. The number of carbonyl (C=O) groups excluding carboxylic acids is 2. The van der Waals surface area contributed by atoms with Crippen LogP contribution < -0.4 is 10.1 Å². The van der Waals surface area contributed by atoms with E-state index in [1.807, 2.05) is 24.3 Å². The number of morpholine rings is 1. The van der Waals surface area contributed by atoms with Gasteiger partial charge in [0.1, 0.15) is 18.1 Å². The predicted octanol–water partition coefficient (Wildman–Crippen LogP) is 2.50. The van der Waals surface area contributed by atoms with Gasteiger partial charge in [-0.3, -0.25) is 9.59 Å². The second-order valence-corrected chi connectivity index (χ2v) is 9.26. The molecule has 1 N–H and O–H groups in total. The van der Waals surface area contributed by atoms with Gasteiger partial charge < -0.3 is 19.7 Å².